The monoisotopic (exact) mass is 362 g/mol. The number of carboxylic acid groups (broad SMARTS) is 1. The summed E-state index contributed by atoms with van der Waals surface area (Å²) < 4.78 is 26.2. The molecule has 0 aliphatic carbocycles. The minimum absolute atomic E-state index is 0.00573. The van der Waals surface area contributed by atoms with Crippen molar-refractivity contribution < 1.29 is 23.1 Å². The van der Waals surface area contributed by atoms with Gasteiger partial charge in [0.25, 0.3) is 0 Å². The van der Waals surface area contributed by atoms with Gasteiger partial charge < -0.3 is 10.4 Å². The smallest absolute Gasteiger partial charge is 0.321 e. The summed E-state index contributed by atoms with van der Waals surface area (Å²) in [6, 6.07) is 2.92. The van der Waals surface area contributed by atoms with Crippen LogP contribution in [0.3, 0.4) is 0 Å². The maximum Gasteiger partial charge on any atom is 0.321 e. The first-order valence-electron chi connectivity index (χ1n) is 6.82. The largest absolute Gasteiger partial charge is 0.480 e. The minimum Gasteiger partial charge on any atom is -0.480 e. The first kappa shape index (κ1) is 19.4. The Balaban J connectivity index is 3.18. The predicted molar refractivity (Wildman–Crippen MR) is 85.9 cm³/mol. The summed E-state index contributed by atoms with van der Waals surface area (Å²) in [5.41, 5.74) is 0.710. The van der Waals surface area contributed by atoms with E-state index in [4.69, 9.17) is 16.7 Å². The Morgan fingerprint density at radius 3 is 2.48 bits per heavy atom. The van der Waals surface area contributed by atoms with Crippen LogP contribution in [0.2, 0.25) is 5.02 Å². The second kappa shape index (κ2) is 7.76. The van der Waals surface area contributed by atoms with E-state index >= 15 is 0 Å². The number of carbonyl (C=O) groups is 2. The van der Waals surface area contributed by atoms with Gasteiger partial charge in [-0.05, 0) is 31.5 Å². The molecule has 1 aromatic rings. The Morgan fingerprint density at radius 2 is 2.00 bits per heavy atom. The Hall–Kier alpha value is -1.64. The molecule has 1 unspecified atom stereocenters. The second-order valence-corrected chi connectivity index (χ2v) is 7.32. The van der Waals surface area contributed by atoms with E-state index in [-0.39, 0.29) is 28.9 Å². The van der Waals surface area contributed by atoms with Gasteiger partial charge in [0.05, 0.1) is 4.90 Å². The quantitative estimate of drug-likeness (QED) is 0.759. The Labute approximate surface area is 140 Å². The van der Waals surface area contributed by atoms with E-state index in [9.17, 15) is 18.0 Å². The molecular weight excluding hydrogens is 344 g/mol. The molecule has 0 aromatic heterocycles. The molecule has 9 heteroatoms. The average Bonchev–Trinajstić information content (AvgIpc) is 2.45. The third-order valence-electron chi connectivity index (χ3n) is 3.25. The number of halogens is 1. The molecule has 2 N–H and O–H groups in total. The Bertz CT molecular complexity index is 705. The van der Waals surface area contributed by atoms with E-state index in [1.807, 2.05) is 0 Å². The number of aryl methyl sites for hydroxylation is 1. The zero-order valence-corrected chi connectivity index (χ0v) is 14.6. The number of hydrogen-bond donors (Lipinski definition) is 2. The van der Waals surface area contributed by atoms with Crippen LogP contribution in [-0.2, 0) is 19.6 Å². The van der Waals surface area contributed by atoms with Gasteiger partial charge in [-0.1, -0.05) is 17.7 Å². The number of carboxylic acids is 1. The van der Waals surface area contributed by atoms with Crippen LogP contribution in [0.25, 0.3) is 0 Å². The van der Waals surface area contributed by atoms with Crippen molar-refractivity contribution in [1.29, 1.82) is 0 Å². The lowest BCUT2D eigenvalue weighted by atomic mass is 10.2. The number of carbonyl (C=O) groups excluding carboxylic acids is 1. The van der Waals surface area contributed by atoms with Gasteiger partial charge in [-0.15, -0.1) is 0 Å². The van der Waals surface area contributed by atoms with Crippen molar-refractivity contribution in [3.05, 3.63) is 28.8 Å². The number of rotatable bonds is 7. The van der Waals surface area contributed by atoms with E-state index in [1.165, 1.54) is 26.0 Å². The van der Waals surface area contributed by atoms with Gasteiger partial charge >= 0.3 is 5.97 Å². The van der Waals surface area contributed by atoms with Crippen molar-refractivity contribution in [3.8, 4) is 0 Å². The van der Waals surface area contributed by atoms with Crippen LogP contribution in [0.15, 0.2) is 23.1 Å². The number of nitrogens with one attached hydrogen (secondary N) is 1. The lowest BCUT2D eigenvalue weighted by Gasteiger charge is -2.26. The SMILES string of the molecule is CC(=O)NCCN(C(C)C(=O)O)S(=O)(=O)c1ccc(C)c(Cl)c1. The fourth-order valence-corrected chi connectivity index (χ4v) is 3.72. The highest BCUT2D eigenvalue weighted by Gasteiger charge is 2.32. The van der Waals surface area contributed by atoms with E-state index in [2.05, 4.69) is 5.32 Å². The van der Waals surface area contributed by atoms with Crippen molar-refractivity contribution in [1.82, 2.24) is 9.62 Å². The number of nitrogens with zero attached hydrogens (tertiary/aromatic N) is 1. The molecule has 7 nitrogen and oxygen atoms in total. The Kier molecular flexibility index (Phi) is 6.55. The lowest BCUT2D eigenvalue weighted by Crippen LogP contribution is -2.46. The number of sulfonamides is 1. The molecule has 0 saturated carbocycles. The maximum absolute atomic E-state index is 12.7. The Morgan fingerprint density at radius 1 is 1.39 bits per heavy atom. The summed E-state index contributed by atoms with van der Waals surface area (Å²) in [4.78, 5) is 22.0. The molecule has 1 atom stereocenters. The third-order valence-corrected chi connectivity index (χ3v) is 5.62. The van der Waals surface area contributed by atoms with Gasteiger partial charge in [0.1, 0.15) is 6.04 Å². The van der Waals surface area contributed by atoms with Crippen molar-refractivity contribution in [2.45, 2.75) is 31.7 Å². The van der Waals surface area contributed by atoms with Gasteiger partial charge in [0.2, 0.25) is 15.9 Å². The summed E-state index contributed by atoms with van der Waals surface area (Å²) in [5, 5.41) is 11.9. The van der Waals surface area contributed by atoms with E-state index in [0.717, 1.165) is 4.31 Å². The molecule has 0 radical (unpaired) electrons. The molecule has 0 fully saturated rings. The molecule has 0 spiro atoms. The maximum atomic E-state index is 12.7. The molecule has 1 aromatic carbocycles. The highest BCUT2D eigenvalue weighted by molar-refractivity contribution is 7.89. The summed E-state index contributed by atoms with van der Waals surface area (Å²) in [6.07, 6.45) is 0. The highest BCUT2D eigenvalue weighted by atomic mass is 35.5. The molecule has 1 amide bonds. The summed E-state index contributed by atoms with van der Waals surface area (Å²) in [7, 11) is -4.07. The standard InChI is InChI=1S/C14H19ClN2O5S/c1-9-4-5-12(8-13(9)15)23(21,22)17(10(2)14(19)20)7-6-16-11(3)18/h4-5,8,10H,6-7H2,1-3H3,(H,16,18)(H,19,20). The van der Waals surface area contributed by atoms with Crippen LogP contribution in [-0.4, -0.2) is 48.8 Å². The topological polar surface area (TPSA) is 104 Å². The van der Waals surface area contributed by atoms with Gasteiger partial charge in [-0.2, -0.15) is 4.31 Å². The zero-order valence-electron chi connectivity index (χ0n) is 13.0. The first-order valence-corrected chi connectivity index (χ1v) is 8.64. The van der Waals surface area contributed by atoms with E-state index in [0.29, 0.717) is 5.56 Å². The minimum atomic E-state index is -4.07. The highest BCUT2D eigenvalue weighted by Crippen LogP contribution is 2.24. The molecule has 0 aliphatic heterocycles. The molecule has 0 saturated heterocycles. The van der Waals surface area contributed by atoms with Gasteiger partial charge in [0, 0.05) is 25.0 Å². The normalized spacial score (nSPS) is 12.9. The number of aliphatic carboxylic acids is 1. The van der Waals surface area contributed by atoms with Crippen LogP contribution in [0.5, 0.6) is 0 Å². The molecule has 0 heterocycles. The lowest BCUT2D eigenvalue weighted by molar-refractivity contribution is -0.140. The molecular formula is C14H19ClN2O5S. The average molecular weight is 363 g/mol. The van der Waals surface area contributed by atoms with Crippen molar-refractivity contribution in [2.24, 2.45) is 0 Å². The third kappa shape index (κ3) is 4.92. The van der Waals surface area contributed by atoms with Crippen molar-refractivity contribution >= 4 is 33.5 Å². The van der Waals surface area contributed by atoms with Crippen LogP contribution in [0, 0.1) is 6.92 Å². The molecule has 23 heavy (non-hydrogen) atoms. The van der Waals surface area contributed by atoms with Crippen LogP contribution < -0.4 is 5.32 Å². The summed E-state index contributed by atoms with van der Waals surface area (Å²) >= 11 is 5.96. The second-order valence-electron chi connectivity index (χ2n) is 5.02. The van der Waals surface area contributed by atoms with E-state index < -0.39 is 22.0 Å². The number of amides is 1. The summed E-state index contributed by atoms with van der Waals surface area (Å²) in [5.74, 6) is -1.61. The number of hydrogen-bond acceptors (Lipinski definition) is 4. The van der Waals surface area contributed by atoms with Gasteiger partial charge in [-0.3, -0.25) is 9.59 Å². The molecule has 0 bridgehead atoms. The van der Waals surface area contributed by atoms with Crippen molar-refractivity contribution in [3.63, 3.8) is 0 Å². The van der Waals surface area contributed by atoms with Crippen LogP contribution in [0.4, 0.5) is 0 Å². The first-order chi connectivity index (χ1) is 10.6. The summed E-state index contributed by atoms with van der Waals surface area (Å²) in [6.45, 7) is 4.13. The number of benzene rings is 1. The predicted octanol–water partition coefficient (Wildman–Crippen LogP) is 1.25. The fourth-order valence-electron chi connectivity index (χ4n) is 1.86. The molecule has 1 rings (SSSR count). The van der Waals surface area contributed by atoms with Crippen LogP contribution >= 0.6 is 11.6 Å². The van der Waals surface area contributed by atoms with E-state index in [1.54, 1.807) is 13.0 Å². The zero-order chi connectivity index (χ0) is 17.8. The van der Waals surface area contributed by atoms with Crippen molar-refractivity contribution in [2.75, 3.05) is 13.1 Å². The fraction of sp³-hybridized carbons (Fsp3) is 0.429. The van der Waals surface area contributed by atoms with Crippen LogP contribution in [0.1, 0.15) is 19.4 Å². The van der Waals surface area contributed by atoms with Gasteiger partial charge in [0.15, 0.2) is 0 Å². The molecule has 128 valence electrons. The molecule has 0 aliphatic rings. The van der Waals surface area contributed by atoms with Gasteiger partial charge in [-0.25, -0.2) is 8.42 Å².